The molecule has 5 nitrogen and oxygen atoms in total. The molecule has 0 aliphatic carbocycles. The van der Waals surface area contributed by atoms with Crippen LogP contribution in [0.5, 0.6) is 11.5 Å². The number of hydrogen-bond donors (Lipinski definition) is 2. The highest BCUT2D eigenvalue weighted by molar-refractivity contribution is 5.61. The fourth-order valence-corrected chi connectivity index (χ4v) is 1.44. The Kier molecular flexibility index (Phi) is 3.30. The molecule has 0 aliphatic heterocycles. The highest BCUT2D eigenvalue weighted by atomic mass is 16.5. The van der Waals surface area contributed by atoms with Crippen LogP contribution in [0.2, 0.25) is 0 Å². The summed E-state index contributed by atoms with van der Waals surface area (Å²) in [6, 6.07) is 10.1. The Morgan fingerprint density at radius 1 is 1.39 bits per heavy atom. The molecule has 0 aliphatic rings. The number of rotatable bonds is 3. The molecule has 1 aromatic heterocycles. The Hall–Kier alpha value is -2.74. The van der Waals surface area contributed by atoms with Gasteiger partial charge in [-0.3, -0.25) is 0 Å². The van der Waals surface area contributed by atoms with Crippen molar-refractivity contribution in [1.29, 1.82) is 5.26 Å². The van der Waals surface area contributed by atoms with Gasteiger partial charge in [-0.25, -0.2) is 4.98 Å². The number of aromatic nitrogens is 1. The molecule has 0 atom stereocenters. The maximum atomic E-state index is 9.42. The van der Waals surface area contributed by atoms with E-state index in [1.54, 1.807) is 30.5 Å². The summed E-state index contributed by atoms with van der Waals surface area (Å²) in [6.45, 7) is 0.255. The van der Waals surface area contributed by atoms with E-state index in [4.69, 9.17) is 15.7 Å². The van der Waals surface area contributed by atoms with E-state index in [-0.39, 0.29) is 18.0 Å². The van der Waals surface area contributed by atoms with Crippen LogP contribution in [0, 0.1) is 11.3 Å². The van der Waals surface area contributed by atoms with E-state index in [1.807, 2.05) is 6.07 Å². The highest BCUT2D eigenvalue weighted by Crippen LogP contribution is 2.30. The normalized spacial score (nSPS) is 9.72. The van der Waals surface area contributed by atoms with E-state index in [0.717, 1.165) is 5.56 Å². The van der Waals surface area contributed by atoms with Crippen LogP contribution in [0.4, 0.5) is 5.69 Å². The number of hydrogen-bond acceptors (Lipinski definition) is 5. The van der Waals surface area contributed by atoms with Crippen LogP contribution >= 0.6 is 0 Å². The number of nitriles is 1. The molecule has 1 aromatic carbocycles. The Labute approximate surface area is 104 Å². The summed E-state index contributed by atoms with van der Waals surface area (Å²) in [5.74, 6) is 0.394. The number of para-hydroxylation sites is 1. The quantitative estimate of drug-likeness (QED) is 0.631. The monoisotopic (exact) mass is 241 g/mol. The van der Waals surface area contributed by atoms with Crippen LogP contribution in [0.1, 0.15) is 11.3 Å². The van der Waals surface area contributed by atoms with Gasteiger partial charge in [0.05, 0.1) is 0 Å². The summed E-state index contributed by atoms with van der Waals surface area (Å²) in [5, 5.41) is 18.1. The summed E-state index contributed by atoms with van der Waals surface area (Å²) in [5.41, 5.74) is 7.01. The minimum Gasteiger partial charge on any atom is -0.506 e. The van der Waals surface area contributed by atoms with Crippen LogP contribution < -0.4 is 10.5 Å². The number of aromatic hydroxyl groups is 1. The number of anilines is 1. The number of phenolic OH excluding ortho intramolecular Hbond substituents is 1. The molecule has 2 aromatic rings. The van der Waals surface area contributed by atoms with Crippen LogP contribution in [-0.4, -0.2) is 10.1 Å². The molecule has 3 N–H and O–H groups in total. The maximum absolute atomic E-state index is 9.42. The van der Waals surface area contributed by atoms with Crippen molar-refractivity contribution in [2.75, 3.05) is 5.73 Å². The standard InChI is InChI=1S/C13H11N3O2/c14-7-10-6-9(4-5-16-10)8-18-12-3-1-2-11(17)13(12)15/h1-6,17H,8,15H2. The van der Waals surface area contributed by atoms with Gasteiger partial charge in [0.2, 0.25) is 0 Å². The van der Waals surface area contributed by atoms with Gasteiger partial charge >= 0.3 is 0 Å². The third-order valence-corrected chi connectivity index (χ3v) is 2.38. The molecule has 0 bridgehead atoms. The first-order valence-electron chi connectivity index (χ1n) is 5.26. The number of nitrogens with two attached hydrogens (primary N) is 1. The second-order valence-corrected chi connectivity index (χ2v) is 3.64. The predicted octanol–water partition coefficient (Wildman–Crippen LogP) is 1.82. The van der Waals surface area contributed by atoms with Crippen molar-refractivity contribution in [3.8, 4) is 17.6 Å². The Balaban J connectivity index is 2.12. The van der Waals surface area contributed by atoms with E-state index >= 15 is 0 Å². The van der Waals surface area contributed by atoms with E-state index in [1.165, 1.54) is 6.07 Å². The van der Waals surface area contributed by atoms with Crippen LogP contribution in [0.3, 0.4) is 0 Å². The number of phenols is 1. The first-order valence-corrected chi connectivity index (χ1v) is 5.26. The topological polar surface area (TPSA) is 92.2 Å². The lowest BCUT2D eigenvalue weighted by Crippen LogP contribution is -1.99. The first kappa shape index (κ1) is 11.7. The fourth-order valence-electron chi connectivity index (χ4n) is 1.44. The number of benzene rings is 1. The molecule has 0 unspecified atom stereocenters. The fraction of sp³-hybridized carbons (Fsp3) is 0.0769. The van der Waals surface area contributed by atoms with Gasteiger partial charge in [0, 0.05) is 6.20 Å². The van der Waals surface area contributed by atoms with Gasteiger partial charge in [0.15, 0.2) is 0 Å². The smallest absolute Gasteiger partial charge is 0.146 e. The van der Waals surface area contributed by atoms with Crippen molar-refractivity contribution in [2.24, 2.45) is 0 Å². The summed E-state index contributed by atoms with van der Waals surface area (Å²) < 4.78 is 5.48. The average molecular weight is 241 g/mol. The molecule has 1 heterocycles. The van der Waals surface area contributed by atoms with Gasteiger partial charge in [0.1, 0.15) is 35.6 Å². The van der Waals surface area contributed by atoms with E-state index < -0.39 is 0 Å². The number of ether oxygens (including phenoxy) is 1. The second kappa shape index (κ2) is 5.06. The summed E-state index contributed by atoms with van der Waals surface area (Å²) in [6.07, 6.45) is 1.54. The van der Waals surface area contributed by atoms with Crippen molar-refractivity contribution in [1.82, 2.24) is 4.98 Å². The lowest BCUT2D eigenvalue weighted by molar-refractivity contribution is 0.306. The van der Waals surface area contributed by atoms with Crippen LogP contribution in [-0.2, 0) is 6.61 Å². The van der Waals surface area contributed by atoms with Gasteiger partial charge in [-0.15, -0.1) is 0 Å². The second-order valence-electron chi connectivity index (χ2n) is 3.64. The summed E-state index contributed by atoms with van der Waals surface area (Å²) in [7, 11) is 0. The largest absolute Gasteiger partial charge is 0.506 e. The first-order chi connectivity index (χ1) is 8.70. The lowest BCUT2D eigenvalue weighted by Gasteiger charge is -2.09. The Bertz CT molecular complexity index is 605. The molecule has 0 saturated carbocycles. The number of nitrogens with zero attached hydrogens (tertiary/aromatic N) is 2. The molecule has 5 heteroatoms. The van der Waals surface area contributed by atoms with Crippen LogP contribution in [0.25, 0.3) is 0 Å². The van der Waals surface area contributed by atoms with Crippen molar-refractivity contribution >= 4 is 5.69 Å². The Morgan fingerprint density at radius 2 is 2.22 bits per heavy atom. The zero-order chi connectivity index (χ0) is 13.0. The maximum Gasteiger partial charge on any atom is 0.146 e. The number of nitrogen functional groups attached to an aromatic ring is 1. The molecule has 0 fully saturated rings. The van der Waals surface area contributed by atoms with E-state index in [2.05, 4.69) is 4.98 Å². The molecular weight excluding hydrogens is 230 g/mol. The molecule has 90 valence electrons. The molecule has 18 heavy (non-hydrogen) atoms. The van der Waals surface area contributed by atoms with Gasteiger partial charge < -0.3 is 15.6 Å². The van der Waals surface area contributed by atoms with Crippen molar-refractivity contribution < 1.29 is 9.84 Å². The predicted molar refractivity (Wildman–Crippen MR) is 65.8 cm³/mol. The van der Waals surface area contributed by atoms with Crippen molar-refractivity contribution in [3.05, 3.63) is 47.8 Å². The SMILES string of the molecule is N#Cc1cc(COc2cccc(O)c2N)ccn1. The van der Waals surface area contributed by atoms with E-state index in [0.29, 0.717) is 11.4 Å². The Morgan fingerprint density at radius 3 is 3.00 bits per heavy atom. The van der Waals surface area contributed by atoms with Crippen LogP contribution in [0.15, 0.2) is 36.5 Å². The molecule has 2 rings (SSSR count). The minimum absolute atomic E-state index is 0.0139. The van der Waals surface area contributed by atoms with Gasteiger partial charge in [0.25, 0.3) is 0 Å². The molecular formula is C13H11N3O2. The third-order valence-electron chi connectivity index (χ3n) is 2.38. The van der Waals surface area contributed by atoms with Gasteiger partial charge in [-0.05, 0) is 29.8 Å². The zero-order valence-electron chi connectivity index (χ0n) is 9.50. The zero-order valence-corrected chi connectivity index (χ0v) is 9.50. The minimum atomic E-state index is -0.0139. The third kappa shape index (κ3) is 2.50. The lowest BCUT2D eigenvalue weighted by atomic mass is 10.2. The molecule has 0 saturated heterocycles. The summed E-state index contributed by atoms with van der Waals surface area (Å²) in [4.78, 5) is 3.86. The average Bonchev–Trinajstić information content (AvgIpc) is 2.41. The van der Waals surface area contributed by atoms with Gasteiger partial charge in [-0.1, -0.05) is 6.07 Å². The van der Waals surface area contributed by atoms with Gasteiger partial charge in [-0.2, -0.15) is 5.26 Å². The molecule has 0 radical (unpaired) electrons. The molecule has 0 spiro atoms. The highest BCUT2D eigenvalue weighted by Gasteiger charge is 2.05. The summed E-state index contributed by atoms with van der Waals surface area (Å²) >= 11 is 0. The van der Waals surface area contributed by atoms with E-state index in [9.17, 15) is 5.11 Å². The van der Waals surface area contributed by atoms with Crippen molar-refractivity contribution in [2.45, 2.75) is 6.61 Å². The van der Waals surface area contributed by atoms with Crippen molar-refractivity contribution in [3.63, 3.8) is 0 Å². The molecule has 0 amide bonds. The number of pyridine rings is 1.